The normalized spacial score (nSPS) is 15.6. The molecule has 0 radical (unpaired) electrons. The highest BCUT2D eigenvalue weighted by Gasteiger charge is 2.22. The first kappa shape index (κ1) is 20.9. The van der Waals surface area contributed by atoms with Gasteiger partial charge in [0.25, 0.3) is 0 Å². The summed E-state index contributed by atoms with van der Waals surface area (Å²) in [6.45, 7) is 2.28. The Morgan fingerprint density at radius 2 is 2.20 bits per heavy atom. The molecule has 8 heteroatoms. The summed E-state index contributed by atoms with van der Waals surface area (Å²) in [5, 5.41) is 12.4. The number of aromatic nitrogens is 3. The topological polar surface area (TPSA) is 69.0 Å². The number of carbonyl (C=O) groups excluding carboxylic acids is 1. The molecule has 0 bridgehead atoms. The number of thioether (sulfide) groups is 1. The molecule has 3 aromatic rings. The van der Waals surface area contributed by atoms with Gasteiger partial charge in [-0.2, -0.15) is 0 Å². The van der Waals surface area contributed by atoms with Crippen LogP contribution in [0.25, 0.3) is 10.7 Å². The molecule has 1 aliphatic carbocycles. The Kier molecular flexibility index (Phi) is 6.43. The van der Waals surface area contributed by atoms with E-state index in [1.54, 1.807) is 7.11 Å². The molecule has 6 nitrogen and oxygen atoms in total. The van der Waals surface area contributed by atoms with Crippen molar-refractivity contribution in [3.05, 3.63) is 40.8 Å². The molecule has 0 saturated carbocycles. The molecule has 4 rings (SSSR count). The summed E-state index contributed by atoms with van der Waals surface area (Å²) >= 11 is 3.22. The van der Waals surface area contributed by atoms with Crippen LogP contribution in [0, 0.1) is 5.92 Å². The number of amides is 1. The Morgan fingerprint density at radius 1 is 1.37 bits per heavy atom. The Bertz CT molecular complexity index is 1040. The van der Waals surface area contributed by atoms with Gasteiger partial charge < -0.3 is 14.6 Å². The lowest BCUT2D eigenvalue weighted by Gasteiger charge is -2.19. The van der Waals surface area contributed by atoms with Crippen molar-refractivity contribution in [3.63, 3.8) is 0 Å². The van der Waals surface area contributed by atoms with Gasteiger partial charge >= 0.3 is 0 Å². The van der Waals surface area contributed by atoms with Crippen LogP contribution < -0.4 is 10.1 Å². The number of hydrogen-bond acceptors (Lipinski definition) is 6. The van der Waals surface area contributed by atoms with Gasteiger partial charge in [0.15, 0.2) is 11.0 Å². The van der Waals surface area contributed by atoms with Gasteiger partial charge in [0, 0.05) is 11.9 Å². The van der Waals surface area contributed by atoms with Gasteiger partial charge in [0.05, 0.1) is 23.4 Å². The molecule has 158 valence electrons. The highest BCUT2D eigenvalue weighted by molar-refractivity contribution is 7.99. The molecular weight excluding hydrogens is 416 g/mol. The van der Waals surface area contributed by atoms with E-state index in [4.69, 9.17) is 4.74 Å². The zero-order chi connectivity index (χ0) is 21.1. The van der Waals surface area contributed by atoms with E-state index in [2.05, 4.69) is 28.5 Å². The smallest absolute Gasteiger partial charge is 0.234 e. The fourth-order valence-corrected chi connectivity index (χ4v) is 5.72. The summed E-state index contributed by atoms with van der Waals surface area (Å²) < 4.78 is 7.26. The van der Waals surface area contributed by atoms with Crippen molar-refractivity contribution in [2.24, 2.45) is 13.0 Å². The Morgan fingerprint density at radius 3 is 3.00 bits per heavy atom. The van der Waals surface area contributed by atoms with E-state index in [-0.39, 0.29) is 11.7 Å². The Labute approximate surface area is 185 Å². The largest absolute Gasteiger partial charge is 0.495 e. The highest BCUT2D eigenvalue weighted by Crippen LogP contribution is 2.38. The summed E-state index contributed by atoms with van der Waals surface area (Å²) in [5.41, 5.74) is 2.14. The van der Waals surface area contributed by atoms with Gasteiger partial charge in [0.1, 0.15) is 5.75 Å². The number of benzene rings is 1. The maximum atomic E-state index is 12.4. The average Bonchev–Trinajstić information content (AvgIpc) is 3.34. The number of fused-ring (bicyclic) bond motifs is 1. The van der Waals surface area contributed by atoms with Gasteiger partial charge in [-0.15, -0.1) is 21.5 Å². The minimum Gasteiger partial charge on any atom is -0.495 e. The molecule has 0 aliphatic heterocycles. The monoisotopic (exact) mass is 442 g/mol. The van der Waals surface area contributed by atoms with Gasteiger partial charge in [-0.05, 0) is 48.9 Å². The molecule has 1 aliphatic rings. The van der Waals surface area contributed by atoms with Crippen LogP contribution in [0.4, 0.5) is 5.69 Å². The van der Waals surface area contributed by atoms with E-state index in [9.17, 15) is 4.79 Å². The molecule has 0 spiro atoms. The molecule has 0 fully saturated rings. The molecule has 1 atom stereocenters. The molecule has 0 saturated heterocycles. The number of anilines is 1. The van der Waals surface area contributed by atoms with Gasteiger partial charge in [0.2, 0.25) is 5.91 Å². The van der Waals surface area contributed by atoms with Crippen molar-refractivity contribution in [2.45, 2.75) is 37.8 Å². The van der Waals surface area contributed by atoms with Crippen LogP contribution in [-0.2, 0) is 24.7 Å². The molecule has 0 unspecified atom stereocenters. The first-order valence-electron chi connectivity index (χ1n) is 10.2. The second kappa shape index (κ2) is 9.22. The lowest BCUT2D eigenvalue weighted by atomic mass is 9.87. The van der Waals surface area contributed by atoms with Crippen molar-refractivity contribution in [1.82, 2.24) is 14.8 Å². The number of nitrogens with one attached hydrogen (secondary N) is 1. The molecule has 2 aromatic heterocycles. The van der Waals surface area contributed by atoms with Crippen molar-refractivity contribution >= 4 is 34.7 Å². The lowest BCUT2D eigenvalue weighted by Crippen LogP contribution is -2.15. The zero-order valence-electron chi connectivity index (χ0n) is 17.5. The van der Waals surface area contributed by atoms with Crippen LogP contribution in [0.5, 0.6) is 5.75 Å². The summed E-state index contributed by atoms with van der Waals surface area (Å²) in [7, 11) is 3.55. The Hall–Kier alpha value is -2.32. The number of rotatable bonds is 7. The Balaban J connectivity index is 1.42. The van der Waals surface area contributed by atoms with Gasteiger partial charge in [-0.1, -0.05) is 37.2 Å². The van der Waals surface area contributed by atoms with E-state index < -0.39 is 0 Å². The predicted octanol–water partition coefficient (Wildman–Crippen LogP) is 4.80. The number of para-hydroxylation sites is 2. The molecule has 2 heterocycles. The number of thiophene rings is 1. The SMILES string of the molecule is CC[C@@H]1CCc2sc(-c3nnc(SCC(=O)Nc4ccccc4OC)n3C)cc2C1. The van der Waals surface area contributed by atoms with E-state index in [1.807, 2.05) is 47.2 Å². The fourth-order valence-electron chi connectivity index (χ4n) is 3.78. The minimum absolute atomic E-state index is 0.105. The van der Waals surface area contributed by atoms with Crippen molar-refractivity contribution in [2.75, 3.05) is 18.2 Å². The summed E-state index contributed by atoms with van der Waals surface area (Å²) in [6.07, 6.45) is 4.86. The second-order valence-corrected chi connectivity index (χ2v) is 9.56. The number of methoxy groups -OCH3 is 1. The second-order valence-electron chi connectivity index (χ2n) is 7.48. The minimum atomic E-state index is -0.105. The number of hydrogen-bond donors (Lipinski definition) is 1. The van der Waals surface area contributed by atoms with Crippen molar-refractivity contribution < 1.29 is 9.53 Å². The third-order valence-corrected chi connectivity index (χ3v) is 7.78. The quantitative estimate of drug-likeness (QED) is 0.533. The predicted molar refractivity (Wildman–Crippen MR) is 122 cm³/mol. The number of aryl methyl sites for hydroxylation is 1. The van der Waals surface area contributed by atoms with Crippen LogP contribution in [0.2, 0.25) is 0 Å². The van der Waals surface area contributed by atoms with E-state index in [0.717, 1.165) is 21.8 Å². The highest BCUT2D eigenvalue weighted by atomic mass is 32.2. The molecular formula is C22H26N4O2S2. The van der Waals surface area contributed by atoms with E-state index in [0.29, 0.717) is 11.4 Å². The van der Waals surface area contributed by atoms with Crippen molar-refractivity contribution in [3.8, 4) is 16.5 Å². The number of ether oxygens (including phenoxy) is 1. The van der Waals surface area contributed by atoms with Crippen LogP contribution in [-0.4, -0.2) is 33.5 Å². The molecule has 1 aromatic carbocycles. The summed E-state index contributed by atoms with van der Waals surface area (Å²) in [6, 6.07) is 9.66. The third-order valence-electron chi connectivity index (χ3n) is 5.53. The average molecular weight is 443 g/mol. The number of carbonyl (C=O) groups is 1. The van der Waals surface area contributed by atoms with Gasteiger partial charge in [-0.25, -0.2) is 0 Å². The maximum Gasteiger partial charge on any atom is 0.234 e. The molecule has 1 N–H and O–H groups in total. The summed E-state index contributed by atoms with van der Waals surface area (Å²) in [5.74, 6) is 2.46. The molecule has 30 heavy (non-hydrogen) atoms. The fraction of sp³-hybridized carbons (Fsp3) is 0.409. The lowest BCUT2D eigenvalue weighted by molar-refractivity contribution is -0.113. The number of nitrogens with zero attached hydrogens (tertiary/aromatic N) is 3. The first-order valence-corrected chi connectivity index (χ1v) is 12.0. The van der Waals surface area contributed by atoms with Crippen LogP contribution in [0.1, 0.15) is 30.2 Å². The van der Waals surface area contributed by atoms with Crippen LogP contribution >= 0.6 is 23.1 Å². The standard InChI is InChI=1S/C22H26N4O2S2/c1-4-14-9-10-18-15(11-14)12-19(30-18)21-24-25-22(26(21)2)29-13-20(27)23-16-7-5-6-8-17(16)28-3/h5-8,12,14H,4,9-11,13H2,1-3H3,(H,23,27)/t14-/m1/s1. The van der Waals surface area contributed by atoms with E-state index in [1.165, 1.54) is 47.9 Å². The van der Waals surface area contributed by atoms with Crippen LogP contribution in [0.3, 0.4) is 0 Å². The van der Waals surface area contributed by atoms with Crippen molar-refractivity contribution in [1.29, 1.82) is 0 Å². The van der Waals surface area contributed by atoms with E-state index >= 15 is 0 Å². The van der Waals surface area contributed by atoms with Crippen LogP contribution in [0.15, 0.2) is 35.5 Å². The zero-order valence-corrected chi connectivity index (χ0v) is 19.1. The molecule has 1 amide bonds. The third kappa shape index (κ3) is 4.39. The summed E-state index contributed by atoms with van der Waals surface area (Å²) in [4.78, 5) is 15.0. The maximum absolute atomic E-state index is 12.4. The first-order chi connectivity index (χ1) is 14.6. The van der Waals surface area contributed by atoms with Gasteiger partial charge in [-0.3, -0.25) is 4.79 Å².